The third-order valence-corrected chi connectivity index (χ3v) is 4.31. The fraction of sp³-hybridized carbons (Fsp3) is 0.412. The Labute approximate surface area is 133 Å². The number of imide groups is 1. The number of hydrogen-bond donors (Lipinski definition) is 0. The van der Waals surface area contributed by atoms with Crippen molar-refractivity contribution in [1.82, 2.24) is 4.90 Å². The van der Waals surface area contributed by atoms with Crippen molar-refractivity contribution in [2.75, 3.05) is 0 Å². The second-order valence-corrected chi connectivity index (χ2v) is 5.84. The zero-order valence-corrected chi connectivity index (χ0v) is 12.8. The maximum absolute atomic E-state index is 12.3. The van der Waals surface area contributed by atoms with Gasteiger partial charge in [0.1, 0.15) is 6.04 Å². The van der Waals surface area contributed by atoms with Gasteiger partial charge in [0.25, 0.3) is 11.8 Å². The predicted molar refractivity (Wildman–Crippen MR) is 79.8 cm³/mol. The highest BCUT2D eigenvalue weighted by atomic mass is 16.5. The van der Waals surface area contributed by atoms with E-state index in [-0.39, 0.29) is 16.9 Å². The smallest absolute Gasteiger partial charge is 0.329 e. The molecule has 1 heterocycles. The lowest BCUT2D eigenvalue weighted by Gasteiger charge is -2.25. The third-order valence-electron chi connectivity index (χ3n) is 4.31. The topological polar surface area (TPSA) is 80.8 Å². The van der Waals surface area contributed by atoms with Gasteiger partial charge in [-0.1, -0.05) is 12.1 Å². The van der Waals surface area contributed by atoms with E-state index in [1.807, 2.05) is 0 Å². The first-order valence-electron chi connectivity index (χ1n) is 7.71. The summed E-state index contributed by atoms with van der Waals surface area (Å²) in [5.74, 6) is -1.84. The number of ether oxygens (including phenoxy) is 1. The molecule has 0 N–H and O–H groups in total. The minimum Gasteiger partial charge on any atom is -0.453 e. The van der Waals surface area contributed by atoms with Gasteiger partial charge in [-0.25, -0.2) is 4.79 Å². The van der Waals surface area contributed by atoms with E-state index in [2.05, 4.69) is 0 Å². The summed E-state index contributed by atoms with van der Waals surface area (Å²) >= 11 is 0. The van der Waals surface area contributed by atoms with Crippen molar-refractivity contribution in [3.05, 3.63) is 35.4 Å². The first-order valence-corrected chi connectivity index (χ1v) is 7.71. The van der Waals surface area contributed by atoms with Crippen LogP contribution < -0.4 is 0 Å². The van der Waals surface area contributed by atoms with Crippen molar-refractivity contribution >= 4 is 23.6 Å². The summed E-state index contributed by atoms with van der Waals surface area (Å²) in [6, 6.07) is 5.38. The molecule has 1 saturated carbocycles. The van der Waals surface area contributed by atoms with Crippen molar-refractivity contribution in [1.29, 1.82) is 0 Å². The van der Waals surface area contributed by atoms with Crippen LogP contribution in [0.2, 0.25) is 0 Å². The summed E-state index contributed by atoms with van der Waals surface area (Å²) < 4.78 is 5.24. The quantitative estimate of drug-likeness (QED) is 0.627. The molecule has 23 heavy (non-hydrogen) atoms. The van der Waals surface area contributed by atoms with Crippen LogP contribution in [0.15, 0.2) is 24.3 Å². The molecule has 0 aromatic heterocycles. The van der Waals surface area contributed by atoms with Gasteiger partial charge in [-0.2, -0.15) is 0 Å². The number of fused-ring (bicyclic) bond motifs is 1. The average Bonchev–Trinajstić information content (AvgIpc) is 2.81. The molecule has 1 aromatic carbocycles. The molecule has 120 valence electrons. The number of benzene rings is 1. The second-order valence-electron chi connectivity index (χ2n) is 5.84. The fourth-order valence-corrected chi connectivity index (χ4v) is 2.98. The second kappa shape index (κ2) is 5.95. The normalized spacial score (nSPS) is 22.0. The predicted octanol–water partition coefficient (Wildman–Crippen LogP) is 1.73. The molecule has 1 aromatic rings. The van der Waals surface area contributed by atoms with Crippen LogP contribution in [0.1, 0.15) is 53.3 Å². The minimum atomic E-state index is -1.06. The number of nitrogens with zero attached hydrogens (tertiary/aromatic N) is 1. The number of amides is 2. The lowest BCUT2D eigenvalue weighted by Crippen LogP contribution is -2.45. The van der Waals surface area contributed by atoms with E-state index < -0.39 is 29.9 Å². The molecule has 2 atom stereocenters. The molecular weight excluding hydrogens is 298 g/mol. The fourth-order valence-electron chi connectivity index (χ4n) is 2.98. The Balaban J connectivity index is 1.74. The lowest BCUT2D eigenvalue weighted by atomic mass is 9.96. The van der Waals surface area contributed by atoms with E-state index in [0.717, 1.165) is 17.7 Å². The van der Waals surface area contributed by atoms with E-state index in [0.29, 0.717) is 12.8 Å². The third kappa shape index (κ3) is 2.65. The van der Waals surface area contributed by atoms with Gasteiger partial charge in [-0.15, -0.1) is 0 Å². The maximum Gasteiger partial charge on any atom is 0.329 e. The molecule has 2 amide bonds. The van der Waals surface area contributed by atoms with Gasteiger partial charge < -0.3 is 4.74 Å². The van der Waals surface area contributed by atoms with Crippen LogP contribution in [0, 0.1) is 0 Å². The van der Waals surface area contributed by atoms with Crippen molar-refractivity contribution < 1.29 is 23.9 Å². The Morgan fingerprint density at radius 2 is 1.74 bits per heavy atom. The van der Waals surface area contributed by atoms with E-state index in [1.165, 1.54) is 6.92 Å². The molecule has 1 aliphatic heterocycles. The molecule has 3 rings (SSSR count). The van der Waals surface area contributed by atoms with Gasteiger partial charge in [-0.3, -0.25) is 19.3 Å². The molecule has 6 nitrogen and oxygen atoms in total. The van der Waals surface area contributed by atoms with Crippen LogP contribution in [0.4, 0.5) is 0 Å². The summed E-state index contributed by atoms with van der Waals surface area (Å²) in [5.41, 5.74) is 0.566. The monoisotopic (exact) mass is 315 g/mol. The highest BCUT2D eigenvalue weighted by Gasteiger charge is 2.42. The lowest BCUT2D eigenvalue weighted by molar-refractivity contribution is -0.159. The highest BCUT2D eigenvalue weighted by Crippen LogP contribution is 2.25. The number of carbonyl (C=O) groups excluding carboxylic acids is 4. The van der Waals surface area contributed by atoms with Gasteiger partial charge in [-0.05, 0) is 38.3 Å². The van der Waals surface area contributed by atoms with Gasteiger partial charge in [0.2, 0.25) is 0 Å². The van der Waals surface area contributed by atoms with Gasteiger partial charge >= 0.3 is 5.97 Å². The van der Waals surface area contributed by atoms with Crippen LogP contribution in [0.3, 0.4) is 0 Å². The van der Waals surface area contributed by atoms with Crippen LogP contribution in [-0.4, -0.2) is 40.6 Å². The Morgan fingerprint density at radius 1 is 1.13 bits per heavy atom. The average molecular weight is 315 g/mol. The van der Waals surface area contributed by atoms with E-state index in [1.54, 1.807) is 24.3 Å². The van der Waals surface area contributed by atoms with Gasteiger partial charge in [0.15, 0.2) is 11.9 Å². The first kappa shape index (κ1) is 15.4. The summed E-state index contributed by atoms with van der Waals surface area (Å²) in [6.07, 6.45) is 1.78. The zero-order chi connectivity index (χ0) is 16.6. The van der Waals surface area contributed by atoms with Crippen LogP contribution in [0.25, 0.3) is 0 Å². The number of hydrogen-bond acceptors (Lipinski definition) is 5. The molecule has 0 bridgehead atoms. The Morgan fingerprint density at radius 3 is 2.30 bits per heavy atom. The van der Waals surface area contributed by atoms with E-state index >= 15 is 0 Å². The molecule has 1 aliphatic carbocycles. The molecule has 0 radical (unpaired) electrons. The number of carbonyl (C=O) groups is 4. The van der Waals surface area contributed by atoms with E-state index in [4.69, 9.17) is 4.74 Å². The molecule has 0 saturated heterocycles. The summed E-state index contributed by atoms with van der Waals surface area (Å²) in [5, 5.41) is 0. The zero-order valence-electron chi connectivity index (χ0n) is 12.8. The van der Waals surface area contributed by atoms with Crippen molar-refractivity contribution in [3.8, 4) is 0 Å². The SMILES string of the molecule is CC(C(=O)OC1CCCCC1=O)N1C(=O)c2ccccc2C1=O. The number of rotatable bonds is 3. The van der Waals surface area contributed by atoms with Crippen LogP contribution in [0.5, 0.6) is 0 Å². The standard InChI is InChI=1S/C17H17NO5/c1-10(17(22)23-14-9-5-4-8-13(14)19)18-15(20)11-6-2-3-7-12(11)16(18)21/h2-3,6-7,10,14H,4-5,8-9H2,1H3. The molecule has 2 unspecified atom stereocenters. The Bertz CT molecular complexity index is 661. The molecule has 6 heteroatoms. The van der Waals surface area contributed by atoms with Crippen LogP contribution in [-0.2, 0) is 14.3 Å². The summed E-state index contributed by atoms with van der Waals surface area (Å²) in [6.45, 7) is 1.44. The van der Waals surface area contributed by atoms with Crippen LogP contribution >= 0.6 is 0 Å². The number of esters is 1. The molecular formula is C17H17NO5. The summed E-state index contributed by atoms with van der Waals surface area (Å²) in [4.78, 5) is 49.6. The molecule has 2 aliphatic rings. The van der Waals surface area contributed by atoms with Gasteiger partial charge in [0, 0.05) is 6.42 Å². The van der Waals surface area contributed by atoms with E-state index in [9.17, 15) is 19.2 Å². The Hall–Kier alpha value is -2.50. The largest absolute Gasteiger partial charge is 0.453 e. The molecule has 0 spiro atoms. The van der Waals surface area contributed by atoms with Crippen molar-refractivity contribution in [2.24, 2.45) is 0 Å². The Kier molecular flexibility index (Phi) is 3.98. The number of ketones is 1. The minimum absolute atomic E-state index is 0.0980. The maximum atomic E-state index is 12.3. The number of Topliss-reactive ketones (excluding diaryl/α,β-unsaturated/α-hetero) is 1. The van der Waals surface area contributed by atoms with Crippen molar-refractivity contribution in [3.63, 3.8) is 0 Å². The van der Waals surface area contributed by atoms with Gasteiger partial charge in [0.05, 0.1) is 11.1 Å². The van der Waals surface area contributed by atoms with Crippen molar-refractivity contribution in [2.45, 2.75) is 44.8 Å². The highest BCUT2D eigenvalue weighted by molar-refractivity contribution is 6.22. The molecule has 1 fully saturated rings. The first-order chi connectivity index (χ1) is 11.0. The summed E-state index contributed by atoms with van der Waals surface area (Å²) in [7, 11) is 0.